The molecule has 1 aromatic rings. The van der Waals surface area contributed by atoms with Crippen molar-refractivity contribution in [3.8, 4) is 0 Å². The summed E-state index contributed by atoms with van der Waals surface area (Å²) in [5.41, 5.74) is 1.46. The lowest BCUT2D eigenvalue weighted by molar-refractivity contribution is 0.579. The molecule has 1 rings (SSSR count). The quantitative estimate of drug-likeness (QED) is 0.529. The summed E-state index contributed by atoms with van der Waals surface area (Å²) in [5.74, 6) is 3.31. The van der Waals surface area contributed by atoms with Crippen LogP contribution in [0.4, 0.5) is 0 Å². The third kappa shape index (κ3) is 5.62. The first-order chi connectivity index (χ1) is 7.36. The minimum atomic E-state index is 0.784. The molecule has 84 valence electrons. The third-order valence-electron chi connectivity index (χ3n) is 2.46. The van der Waals surface area contributed by atoms with Crippen LogP contribution in [-0.2, 0) is 6.42 Å². The molecular weight excluding hydrogens is 268 g/mol. The Hall–Kier alpha value is 0.0500. The zero-order valence-electron chi connectivity index (χ0n) is 9.29. The van der Waals surface area contributed by atoms with Crippen molar-refractivity contribution in [1.29, 1.82) is 0 Å². The van der Waals surface area contributed by atoms with Gasteiger partial charge in [0.2, 0.25) is 0 Å². The number of halogens is 1. The number of rotatable bonds is 7. The summed E-state index contributed by atoms with van der Waals surface area (Å²) in [4.78, 5) is 0. The van der Waals surface area contributed by atoms with Gasteiger partial charge < -0.3 is 0 Å². The van der Waals surface area contributed by atoms with Gasteiger partial charge in [0, 0.05) is 5.33 Å². The van der Waals surface area contributed by atoms with E-state index in [1.807, 2.05) is 11.8 Å². The lowest BCUT2D eigenvalue weighted by Gasteiger charge is -2.13. The molecule has 0 aliphatic rings. The molecule has 0 fully saturated rings. The van der Waals surface area contributed by atoms with Gasteiger partial charge in [0.15, 0.2) is 0 Å². The maximum Gasteiger partial charge on any atom is 0.00631 e. The van der Waals surface area contributed by atoms with Gasteiger partial charge in [-0.3, -0.25) is 0 Å². The maximum absolute atomic E-state index is 3.62. The molecule has 1 aromatic carbocycles. The second-order valence-electron chi connectivity index (χ2n) is 3.70. The van der Waals surface area contributed by atoms with Crippen molar-refractivity contribution in [2.24, 2.45) is 5.92 Å². The molecule has 0 radical (unpaired) electrons. The van der Waals surface area contributed by atoms with E-state index in [0.29, 0.717) is 0 Å². The molecule has 0 saturated carbocycles. The summed E-state index contributed by atoms with van der Waals surface area (Å²) in [6, 6.07) is 10.8. The first-order valence-corrected chi connectivity index (χ1v) is 7.82. The van der Waals surface area contributed by atoms with Crippen molar-refractivity contribution in [3.05, 3.63) is 35.9 Å². The van der Waals surface area contributed by atoms with E-state index in [1.165, 1.54) is 29.9 Å². The molecule has 0 aliphatic heterocycles. The van der Waals surface area contributed by atoms with Gasteiger partial charge in [0.05, 0.1) is 0 Å². The van der Waals surface area contributed by atoms with Crippen molar-refractivity contribution in [2.45, 2.75) is 19.8 Å². The number of alkyl halides is 1. The highest BCUT2D eigenvalue weighted by Gasteiger charge is 2.07. The Morgan fingerprint density at radius 2 is 2.00 bits per heavy atom. The zero-order chi connectivity index (χ0) is 10.9. The molecule has 2 heteroatoms. The van der Waals surface area contributed by atoms with Crippen molar-refractivity contribution in [1.82, 2.24) is 0 Å². The van der Waals surface area contributed by atoms with Gasteiger partial charge in [-0.15, -0.1) is 0 Å². The normalized spacial score (nSPS) is 12.7. The van der Waals surface area contributed by atoms with Crippen molar-refractivity contribution >= 4 is 27.7 Å². The molecule has 0 nitrogen and oxygen atoms in total. The first-order valence-electron chi connectivity index (χ1n) is 5.54. The second-order valence-corrected chi connectivity index (χ2v) is 5.74. The zero-order valence-corrected chi connectivity index (χ0v) is 11.7. The van der Waals surface area contributed by atoms with E-state index in [4.69, 9.17) is 0 Å². The van der Waals surface area contributed by atoms with E-state index in [2.05, 4.69) is 53.2 Å². The lowest BCUT2D eigenvalue weighted by Crippen LogP contribution is -2.07. The highest BCUT2D eigenvalue weighted by molar-refractivity contribution is 9.09. The smallest absolute Gasteiger partial charge is 0.00631 e. The maximum atomic E-state index is 3.62. The first kappa shape index (κ1) is 13.1. The number of thioether (sulfide) groups is 1. The highest BCUT2D eigenvalue weighted by atomic mass is 79.9. The Morgan fingerprint density at radius 1 is 1.27 bits per heavy atom. The van der Waals surface area contributed by atoms with Crippen LogP contribution >= 0.6 is 27.7 Å². The van der Waals surface area contributed by atoms with Gasteiger partial charge in [-0.1, -0.05) is 53.2 Å². The average molecular weight is 287 g/mol. The molecule has 0 aromatic heterocycles. The van der Waals surface area contributed by atoms with Gasteiger partial charge in [0.1, 0.15) is 0 Å². The summed E-state index contributed by atoms with van der Waals surface area (Å²) in [6.07, 6.45) is 2.52. The molecule has 1 atom stereocenters. The monoisotopic (exact) mass is 286 g/mol. The highest BCUT2D eigenvalue weighted by Crippen LogP contribution is 2.17. The molecule has 0 heterocycles. The van der Waals surface area contributed by atoms with Crippen LogP contribution in [0.2, 0.25) is 0 Å². The van der Waals surface area contributed by atoms with Crippen LogP contribution in [0.15, 0.2) is 30.3 Å². The van der Waals surface area contributed by atoms with Gasteiger partial charge in [0.25, 0.3) is 0 Å². The number of benzene rings is 1. The van der Waals surface area contributed by atoms with Gasteiger partial charge in [-0.25, -0.2) is 0 Å². The Morgan fingerprint density at radius 3 is 2.60 bits per heavy atom. The van der Waals surface area contributed by atoms with E-state index in [-0.39, 0.29) is 0 Å². The topological polar surface area (TPSA) is 0 Å². The second kappa shape index (κ2) is 8.23. The van der Waals surface area contributed by atoms with Gasteiger partial charge in [-0.2, -0.15) is 11.8 Å². The fourth-order valence-electron chi connectivity index (χ4n) is 1.58. The molecule has 0 N–H and O–H groups in total. The Balaban J connectivity index is 2.33. The number of hydrogen-bond donors (Lipinski definition) is 0. The average Bonchev–Trinajstić information content (AvgIpc) is 2.29. The van der Waals surface area contributed by atoms with E-state index < -0.39 is 0 Å². The largest absolute Gasteiger partial charge is 0.162 e. The van der Waals surface area contributed by atoms with Crippen LogP contribution in [0.3, 0.4) is 0 Å². The molecule has 1 unspecified atom stereocenters. The predicted molar refractivity (Wildman–Crippen MR) is 75.0 cm³/mol. The molecule has 0 aliphatic carbocycles. The van der Waals surface area contributed by atoms with Crippen molar-refractivity contribution < 1.29 is 0 Å². The fourth-order valence-corrected chi connectivity index (χ4v) is 2.92. The summed E-state index contributed by atoms with van der Waals surface area (Å²) >= 11 is 5.66. The fraction of sp³-hybridized carbons (Fsp3) is 0.538. The molecular formula is C13H19BrS. The Labute approximate surface area is 106 Å². The molecule has 0 amide bonds. The standard InChI is InChI=1S/C13H19BrS/c1-2-15-9-8-13(11-14)10-12-6-4-3-5-7-12/h3-7,13H,2,8-11H2,1H3. The van der Waals surface area contributed by atoms with Crippen LogP contribution in [0, 0.1) is 5.92 Å². The Bertz CT molecular complexity index is 248. The predicted octanol–water partition coefficient (Wildman–Crippen LogP) is 4.38. The van der Waals surface area contributed by atoms with E-state index in [1.54, 1.807) is 0 Å². The summed E-state index contributed by atoms with van der Waals surface area (Å²) in [5, 5.41) is 1.12. The minimum absolute atomic E-state index is 0.784. The van der Waals surface area contributed by atoms with E-state index in [0.717, 1.165) is 11.2 Å². The Kier molecular flexibility index (Phi) is 7.20. The van der Waals surface area contributed by atoms with Crippen molar-refractivity contribution in [3.63, 3.8) is 0 Å². The van der Waals surface area contributed by atoms with Crippen LogP contribution < -0.4 is 0 Å². The van der Waals surface area contributed by atoms with E-state index in [9.17, 15) is 0 Å². The number of hydrogen-bond acceptors (Lipinski definition) is 1. The minimum Gasteiger partial charge on any atom is -0.162 e. The van der Waals surface area contributed by atoms with E-state index >= 15 is 0 Å². The molecule has 0 saturated heterocycles. The molecule has 0 bridgehead atoms. The molecule has 15 heavy (non-hydrogen) atoms. The van der Waals surface area contributed by atoms with Crippen LogP contribution in [0.1, 0.15) is 18.9 Å². The summed E-state index contributed by atoms with van der Waals surface area (Å²) < 4.78 is 0. The van der Waals surface area contributed by atoms with Crippen LogP contribution in [-0.4, -0.2) is 16.8 Å². The lowest BCUT2D eigenvalue weighted by atomic mass is 9.99. The SMILES string of the molecule is CCSCCC(CBr)Cc1ccccc1. The summed E-state index contributed by atoms with van der Waals surface area (Å²) in [7, 11) is 0. The van der Waals surface area contributed by atoms with Gasteiger partial charge >= 0.3 is 0 Å². The molecule has 0 spiro atoms. The van der Waals surface area contributed by atoms with Crippen molar-refractivity contribution in [2.75, 3.05) is 16.8 Å². The van der Waals surface area contributed by atoms with Crippen LogP contribution in [0.25, 0.3) is 0 Å². The third-order valence-corrected chi connectivity index (χ3v) is 4.31. The van der Waals surface area contributed by atoms with Crippen LogP contribution in [0.5, 0.6) is 0 Å². The summed E-state index contributed by atoms with van der Waals surface area (Å²) in [6.45, 7) is 2.23. The van der Waals surface area contributed by atoms with Gasteiger partial charge in [-0.05, 0) is 35.8 Å².